The molecule has 0 aliphatic rings. The van der Waals surface area contributed by atoms with Gasteiger partial charge >= 0.3 is 33.6 Å². The number of carbonyl (C=O) groups excluding carboxylic acids is 3. The van der Waals surface area contributed by atoms with Crippen LogP contribution in [0.15, 0.2) is 158 Å². The summed E-state index contributed by atoms with van der Waals surface area (Å²) in [6, 6.07) is 0. The molecule has 127 heavy (non-hydrogen) atoms. The zero-order valence-electron chi connectivity index (χ0n) is 81.2. The average Bonchev–Trinajstić information content (AvgIpc) is 0.898. The maximum absolute atomic E-state index is 13.1. The van der Waals surface area contributed by atoms with Gasteiger partial charge in [-0.3, -0.25) is 32.5 Å². The van der Waals surface area contributed by atoms with Crippen LogP contribution < -0.4 is 0 Å². The Balaban J connectivity index is 4.56. The first-order valence-corrected chi connectivity index (χ1v) is 54.8. The van der Waals surface area contributed by atoms with Gasteiger partial charge in [0.15, 0.2) is 6.10 Å². The fourth-order valence-electron chi connectivity index (χ4n) is 14.4. The Morgan fingerprint density at radius 2 is 0.417 bits per heavy atom. The van der Waals surface area contributed by atoms with Crippen LogP contribution in [0.5, 0.6) is 0 Å². The van der Waals surface area contributed by atoms with Crippen LogP contribution in [-0.4, -0.2) is 95.9 Å². The number of hydrogen-bond donors (Lipinski definition) is 4. The summed E-state index contributed by atoms with van der Waals surface area (Å²) >= 11 is 0. The predicted octanol–water partition coefficient (Wildman–Crippen LogP) is 32.8. The zero-order valence-corrected chi connectivity index (χ0v) is 82.9. The first-order chi connectivity index (χ1) is 62.2. The van der Waals surface area contributed by atoms with Crippen LogP contribution in [0.2, 0.25) is 0 Å². The van der Waals surface area contributed by atoms with Crippen molar-refractivity contribution in [1.29, 1.82) is 0 Å². The largest absolute Gasteiger partial charge is 0.472 e. The highest BCUT2D eigenvalue weighted by Crippen LogP contribution is 2.45. The maximum Gasteiger partial charge on any atom is 0.472 e. The smallest absolute Gasteiger partial charge is 0.463 e. The number of phosphoric ester groups is 2. The molecule has 0 spiro atoms. The molecule has 732 valence electrons. The number of esters is 3. The second kappa shape index (κ2) is 100. The Morgan fingerprint density at radius 3 is 0.661 bits per heavy atom. The molecule has 5 unspecified atom stereocenters. The predicted molar refractivity (Wildman–Crippen MR) is 537 cm³/mol. The highest BCUT2D eigenvalue weighted by Gasteiger charge is 2.30. The van der Waals surface area contributed by atoms with Gasteiger partial charge in [0.05, 0.1) is 26.4 Å². The molecule has 0 saturated carbocycles. The minimum Gasteiger partial charge on any atom is -0.463 e. The molecular weight excluding hydrogens is 1630 g/mol. The van der Waals surface area contributed by atoms with Gasteiger partial charge in [0.25, 0.3) is 0 Å². The van der Waals surface area contributed by atoms with E-state index in [0.717, 1.165) is 141 Å². The SMILES string of the molecule is CC/C=C\C/C=C\C/C=C\C/C=C\C/C=C\CCCCCCCCCCCCCCCCCC(=O)OCC(COP(=O)(O)OCC(O)COP(=O)(O)OCC(O)COC(=O)CCCCCCCCCCCCCCCCCCCCC/C=C\C/C=C\C/C=C\C/C=C\CCCCC)OC(=O)CCCCCCCCCCC/C=C\C/C=C\C/C=C\C/C=C\CCCCC. The number of ether oxygens (including phenoxy) is 3. The van der Waals surface area contributed by atoms with Crippen molar-refractivity contribution in [2.24, 2.45) is 0 Å². The van der Waals surface area contributed by atoms with Gasteiger partial charge in [-0.2, -0.15) is 0 Å². The third kappa shape index (κ3) is 102. The third-order valence-electron chi connectivity index (χ3n) is 22.2. The number of rotatable bonds is 98. The second-order valence-corrected chi connectivity index (χ2v) is 37.5. The first-order valence-electron chi connectivity index (χ1n) is 51.8. The van der Waals surface area contributed by atoms with Crippen molar-refractivity contribution in [3.63, 3.8) is 0 Å². The summed E-state index contributed by atoms with van der Waals surface area (Å²) in [4.78, 5) is 59.2. The van der Waals surface area contributed by atoms with E-state index >= 15 is 0 Å². The van der Waals surface area contributed by atoms with Crippen LogP contribution in [0.25, 0.3) is 0 Å². The van der Waals surface area contributed by atoms with Crippen molar-refractivity contribution in [3.8, 4) is 0 Å². The van der Waals surface area contributed by atoms with Gasteiger partial charge in [0.1, 0.15) is 25.4 Å². The molecule has 18 heteroatoms. The van der Waals surface area contributed by atoms with Crippen LogP contribution in [0, 0.1) is 0 Å². The Labute approximate surface area is 778 Å². The van der Waals surface area contributed by atoms with Gasteiger partial charge in [0, 0.05) is 19.3 Å². The van der Waals surface area contributed by atoms with Crippen molar-refractivity contribution < 1.29 is 75.8 Å². The number of aliphatic hydroxyl groups excluding tert-OH is 2. The van der Waals surface area contributed by atoms with Crippen LogP contribution in [0.1, 0.15) is 457 Å². The first kappa shape index (κ1) is 122. The van der Waals surface area contributed by atoms with E-state index in [1.54, 1.807) is 0 Å². The minimum absolute atomic E-state index is 0.0957. The average molecular weight is 1820 g/mol. The molecule has 16 nitrogen and oxygen atoms in total. The lowest BCUT2D eigenvalue weighted by Crippen LogP contribution is -2.30. The molecule has 4 N–H and O–H groups in total. The molecule has 0 fully saturated rings. The van der Waals surface area contributed by atoms with Crippen molar-refractivity contribution in [1.82, 2.24) is 0 Å². The Bertz CT molecular complexity index is 2940. The third-order valence-corrected chi connectivity index (χ3v) is 24.1. The molecule has 0 radical (unpaired) electrons. The van der Waals surface area contributed by atoms with Gasteiger partial charge in [0.2, 0.25) is 0 Å². The fraction of sp³-hybridized carbons (Fsp3) is 0.734. The van der Waals surface area contributed by atoms with E-state index in [1.807, 2.05) is 0 Å². The highest BCUT2D eigenvalue weighted by molar-refractivity contribution is 7.47. The number of carbonyl (C=O) groups is 3. The standard InChI is InChI=1S/C109H190O16P2/c1-4-7-10-13-16-19-22-25-28-31-34-37-40-43-45-47-49-50-51-52-54-56-57-60-62-65-68-71-74-77-80-83-86-89-92-95-107(112)119-98-104(110)99-121-126(115,116)122-100-105(111)101-123-127(117,118)124-103-106(125-109(114)97-94-91-88-85-82-79-76-73-70-67-64-59-42-39-36-33-30-27-24-21-18-15-12-9-6-3)102-120-108(113)96-93-90-87-84-81-78-75-72-69-66-63-61-58-55-53-48-46-44-41-38-35-32-29-26-23-20-17-14-11-8-5-2/h8,11,16-21,25-30,34-39,43-46,59,64,104-106,110-111H,4-7,9-10,12-15,22-24,31-33,40-42,47-58,60-63,65-103H2,1-3H3,(H,115,116)(H,117,118)/b11-8-,19-16-,20-17-,21-18-,28-25-,29-26-,30-27-,37-34-,38-35-,39-36-,45-43-,46-44-,64-59-. The van der Waals surface area contributed by atoms with Gasteiger partial charge < -0.3 is 34.2 Å². The molecule has 0 amide bonds. The van der Waals surface area contributed by atoms with Crippen LogP contribution in [0.3, 0.4) is 0 Å². The summed E-state index contributed by atoms with van der Waals surface area (Å²) in [6.45, 7) is 2.59. The van der Waals surface area contributed by atoms with Gasteiger partial charge in [-0.1, -0.05) is 442 Å². The van der Waals surface area contributed by atoms with E-state index in [-0.39, 0.29) is 19.3 Å². The number of phosphoric acid groups is 2. The van der Waals surface area contributed by atoms with Crippen LogP contribution >= 0.6 is 15.6 Å². The summed E-state index contributed by atoms with van der Waals surface area (Å²) < 4.78 is 61.7. The van der Waals surface area contributed by atoms with E-state index in [1.165, 1.54) is 257 Å². The van der Waals surface area contributed by atoms with Crippen LogP contribution in [0.4, 0.5) is 0 Å². The van der Waals surface area contributed by atoms with Crippen molar-refractivity contribution >= 4 is 33.6 Å². The van der Waals surface area contributed by atoms with Gasteiger partial charge in [-0.15, -0.1) is 0 Å². The summed E-state index contributed by atoms with van der Waals surface area (Å²) in [5, 5.41) is 20.8. The second-order valence-electron chi connectivity index (χ2n) is 34.6. The number of hydrogen-bond acceptors (Lipinski definition) is 14. The summed E-state index contributed by atoms with van der Waals surface area (Å²) in [5.41, 5.74) is 0. The van der Waals surface area contributed by atoms with Gasteiger partial charge in [-0.25, -0.2) is 9.13 Å². The molecule has 0 heterocycles. The Hall–Kier alpha value is -4.83. The van der Waals surface area contributed by atoms with E-state index < -0.39 is 91.5 Å². The molecular formula is C109H190O16P2. The fourth-order valence-corrected chi connectivity index (χ4v) is 16.0. The molecule has 0 aromatic rings. The summed E-state index contributed by atoms with van der Waals surface area (Å²) in [5.74, 6) is -1.56. The minimum atomic E-state index is -4.95. The molecule has 5 atom stereocenters. The van der Waals surface area contributed by atoms with Gasteiger partial charge in [-0.05, 0) is 154 Å². The lowest BCUT2D eigenvalue weighted by Gasteiger charge is -2.21. The molecule has 0 aliphatic heterocycles. The number of aliphatic hydroxyl groups is 2. The summed E-state index contributed by atoms with van der Waals surface area (Å²) in [7, 11) is -9.82. The molecule has 0 rings (SSSR count). The Kier molecular flexibility index (Phi) is 96.4. The lowest BCUT2D eigenvalue weighted by molar-refractivity contribution is -0.161. The molecule has 0 aromatic heterocycles. The molecule has 0 saturated heterocycles. The van der Waals surface area contributed by atoms with Crippen molar-refractivity contribution in [2.75, 3.05) is 39.6 Å². The normalized spacial score (nSPS) is 14.3. The quantitative estimate of drug-likeness (QED) is 0.0146. The monoisotopic (exact) mass is 1820 g/mol. The van der Waals surface area contributed by atoms with E-state index in [4.69, 9.17) is 32.3 Å². The maximum atomic E-state index is 13.1. The van der Waals surface area contributed by atoms with Crippen molar-refractivity contribution in [2.45, 2.75) is 476 Å². The van der Waals surface area contributed by atoms with E-state index in [0.29, 0.717) is 19.3 Å². The van der Waals surface area contributed by atoms with Crippen LogP contribution in [-0.2, 0) is 55.8 Å². The van der Waals surface area contributed by atoms with Crippen molar-refractivity contribution in [3.05, 3.63) is 158 Å². The number of unbranched alkanes of at least 4 members (excludes halogenated alkanes) is 49. The number of allylic oxidation sites excluding steroid dienone is 26. The zero-order chi connectivity index (χ0) is 92.1. The molecule has 0 aliphatic carbocycles. The highest BCUT2D eigenvalue weighted by atomic mass is 31.2. The lowest BCUT2D eigenvalue weighted by atomic mass is 10.0. The molecule has 0 bridgehead atoms. The molecule has 0 aromatic carbocycles. The van der Waals surface area contributed by atoms with E-state index in [2.05, 4.69) is 179 Å². The van der Waals surface area contributed by atoms with E-state index in [9.17, 15) is 43.5 Å². The topological polar surface area (TPSA) is 231 Å². The Morgan fingerprint density at radius 1 is 0.228 bits per heavy atom. The summed E-state index contributed by atoms with van der Waals surface area (Å²) in [6.07, 6.45) is 130.